The van der Waals surface area contributed by atoms with E-state index >= 15 is 0 Å². The van der Waals surface area contributed by atoms with Crippen LogP contribution in [0.15, 0.2) is 29.2 Å². The zero-order chi connectivity index (χ0) is 14.2. The van der Waals surface area contributed by atoms with Gasteiger partial charge in [-0.15, -0.1) is 0 Å². The van der Waals surface area contributed by atoms with E-state index in [1.807, 2.05) is 0 Å². The van der Waals surface area contributed by atoms with Crippen molar-refractivity contribution in [1.29, 1.82) is 0 Å². The Morgan fingerprint density at radius 3 is 2.45 bits per heavy atom. The number of nitrogens with zero attached hydrogens (tertiary/aromatic N) is 2. The van der Waals surface area contributed by atoms with Crippen molar-refractivity contribution in [3.63, 3.8) is 0 Å². The Balaban J connectivity index is 1.83. The van der Waals surface area contributed by atoms with Gasteiger partial charge in [-0.3, -0.25) is 0 Å². The van der Waals surface area contributed by atoms with Crippen molar-refractivity contribution in [2.75, 3.05) is 26.3 Å². The molecule has 2 fully saturated rings. The van der Waals surface area contributed by atoms with Crippen LogP contribution in [0.3, 0.4) is 0 Å². The summed E-state index contributed by atoms with van der Waals surface area (Å²) in [6.07, 6.45) is 0.548. The van der Waals surface area contributed by atoms with Gasteiger partial charge in [-0.25, -0.2) is 13.3 Å². The van der Waals surface area contributed by atoms with E-state index in [4.69, 9.17) is 16.0 Å². The molecular weight excluding hydrogens is 280 g/mol. The van der Waals surface area contributed by atoms with Gasteiger partial charge in [-0.05, 0) is 0 Å². The largest absolute Gasteiger partial charge is 0.346 e. The smallest absolute Gasteiger partial charge is 0.243 e. The quantitative estimate of drug-likeness (QED) is 0.773. The predicted octanol–water partition coefficient (Wildman–Crippen LogP) is 1.37. The fourth-order valence-corrected chi connectivity index (χ4v) is 3.98. The van der Waals surface area contributed by atoms with Gasteiger partial charge in [-0.1, -0.05) is 24.3 Å². The summed E-state index contributed by atoms with van der Waals surface area (Å²) < 4.78 is 37.5. The summed E-state index contributed by atoms with van der Waals surface area (Å²) in [5, 5.41) is 0. The maximum Gasteiger partial charge on any atom is 0.243 e. The van der Waals surface area contributed by atoms with Crippen molar-refractivity contribution in [3.8, 4) is 0 Å². The lowest BCUT2D eigenvalue weighted by atomic mass is 10.2. The lowest BCUT2D eigenvalue weighted by molar-refractivity contribution is -0.142. The number of ether oxygens (including phenoxy) is 2. The molecule has 1 aromatic carbocycles. The molecule has 106 valence electrons. The molecule has 20 heavy (non-hydrogen) atoms. The highest BCUT2D eigenvalue weighted by Crippen LogP contribution is 2.33. The Hall–Kier alpha value is -1.46. The number of rotatable bonds is 2. The minimum absolute atomic E-state index is 0.194. The van der Waals surface area contributed by atoms with Crippen molar-refractivity contribution in [3.05, 3.63) is 35.7 Å². The molecule has 2 aliphatic heterocycles. The van der Waals surface area contributed by atoms with Crippen LogP contribution in [-0.2, 0) is 19.5 Å². The third-order valence-electron chi connectivity index (χ3n) is 3.58. The average Bonchev–Trinajstić information content (AvgIpc) is 3.10. The zero-order valence-electron chi connectivity index (χ0n) is 10.8. The summed E-state index contributed by atoms with van der Waals surface area (Å²) in [7, 11) is -3.56. The molecule has 0 radical (unpaired) electrons. The van der Waals surface area contributed by atoms with Gasteiger partial charge in [-0.2, -0.15) is 4.31 Å². The van der Waals surface area contributed by atoms with Gasteiger partial charge in [0.1, 0.15) is 0 Å². The third-order valence-corrected chi connectivity index (χ3v) is 5.44. The van der Waals surface area contributed by atoms with Crippen molar-refractivity contribution in [2.45, 2.75) is 17.1 Å². The fraction of sp³-hybridized carbons (Fsp3) is 0.462. The Kier molecular flexibility index (Phi) is 3.26. The van der Waals surface area contributed by atoms with E-state index in [9.17, 15) is 8.42 Å². The Morgan fingerprint density at radius 2 is 1.85 bits per heavy atom. The topological polar surface area (TPSA) is 60.2 Å². The zero-order valence-corrected chi connectivity index (χ0v) is 11.6. The van der Waals surface area contributed by atoms with Crippen molar-refractivity contribution in [1.82, 2.24) is 4.31 Å². The van der Waals surface area contributed by atoms with Gasteiger partial charge in [0.05, 0.1) is 31.2 Å². The minimum atomic E-state index is -3.56. The second-order valence-electron chi connectivity index (χ2n) is 4.80. The van der Waals surface area contributed by atoms with Crippen LogP contribution in [0.25, 0.3) is 4.85 Å². The average molecular weight is 294 g/mol. The van der Waals surface area contributed by atoms with Crippen molar-refractivity contribution in [2.24, 2.45) is 0 Å². The van der Waals surface area contributed by atoms with Crippen LogP contribution in [0, 0.1) is 6.57 Å². The van der Waals surface area contributed by atoms with E-state index in [2.05, 4.69) is 4.85 Å². The monoisotopic (exact) mass is 294 g/mol. The highest BCUT2D eigenvalue weighted by Gasteiger charge is 2.47. The Morgan fingerprint density at radius 1 is 1.20 bits per heavy atom. The lowest BCUT2D eigenvalue weighted by Crippen LogP contribution is -2.36. The van der Waals surface area contributed by atoms with Crippen LogP contribution in [0.2, 0.25) is 0 Å². The molecule has 2 saturated heterocycles. The molecule has 7 heteroatoms. The molecule has 1 aromatic rings. The van der Waals surface area contributed by atoms with Gasteiger partial charge < -0.3 is 9.47 Å². The van der Waals surface area contributed by atoms with Gasteiger partial charge >= 0.3 is 0 Å². The molecule has 0 aliphatic carbocycles. The summed E-state index contributed by atoms with van der Waals surface area (Å²) in [4.78, 5) is 3.45. The predicted molar refractivity (Wildman–Crippen MR) is 70.7 cm³/mol. The van der Waals surface area contributed by atoms with Crippen molar-refractivity contribution >= 4 is 15.7 Å². The Bertz CT molecular complexity index is 642. The first-order valence-corrected chi connectivity index (χ1v) is 7.75. The van der Waals surface area contributed by atoms with Gasteiger partial charge in [0.2, 0.25) is 10.0 Å². The number of hydrogen-bond donors (Lipinski definition) is 0. The molecule has 0 aromatic heterocycles. The van der Waals surface area contributed by atoms with Gasteiger partial charge in [0.25, 0.3) is 0 Å². The second kappa shape index (κ2) is 4.82. The van der Waals surface area contributed by atoms with Gasteiger partial charge in [0, 0.05) is 13.0 Å². The standard InChI is InChI=1S/C13H14N2O4S/c1-14-11-2-4-12(5-3-11)20(16,17)15-7-6-13(10-15)18-8-9-19-13/h2-5H,6-10H2. The minimum Gasteiger partial charge on any atom is -0.346 e. The van der Waals surface area contributed by atoms with E-state index in [1.54, 1.807) is 0 Å². The maximum absolute atomic E-state index is 12.5. The molecule has 2 heterocycles. The van der Waals surface area contributed by atoms with Crippen LogP contribution >= 0.6 is 0 Å². The van der Waals surface area contributed by atoms with Crippen LogP contribution in [-0.4, -0.2) is 44.8 Å². The maximum atomic E-state index is 12.5. The second-order valence-corrected chi connectivity index (χ2v) is 6.74. The van der Waals surface area contributed by atoms with Crippen LogP contribution in [0.1, 0.15) is 6.42 Å². The molecule has 0 amide bonds. The van der Waals surface area contributed by atoms with E-state index in [1.165, 1.54) is 28.6 Å². The van der Waals surface area contributed by atoms with Crippen LogP contribution < -0.4 is 0 Å². The SMILES string of the molecule is [C-]#[N+]c1ccc(S(=O)(=O)N2CCC3(C2)OCCO3)cc1. The van der Waals surface area contributed by atoms with Crippen LogP contribution in [0.5, 0.6) is 0 Å². The van der Waals surface area contributed by atoms with E-state index in [0.29, 0.717) is 31.9 Å². The molecule has 3 rings (SSSR count). The molecule has 0 saturated carbocycles. The van der Waals surface area contributed by atoms with E-state index in [0.717, 1.165) is 0 Å². The van der Waals surface area contributed by atoms with Crippen LogP contribution in [0.4, 0.5) is 5.69 Å². The van der Waals surface area contributed by atoms with Crippen molar-refractivity contribution < 1.29 is 17.9 Å². The highest BCUT2D eigenvalue weighted by molar-refractivity contribution is 7.89. The molecule has 0 unspecified atom stereocenters. The molecular formula is C13H14N2O4S. The van der Waals surface area contributed by atoms with E-state index < -0.39 is 15.8 Å². The molecule has 0 atom stereocenters. The number of sulfonamides is 1. The summed E-state index contributed by atoms with van der Waals surface area (Å²) in [6.45, 7) is 8.50. The molecule has 2 aliphatic rings. The van der Waals surface area contributed by atoms with E-state index in [-0.39, 0.29) is 11.4 Å². The molecule has 0 N–H and O–H groups in total. The van der Waals surface area contributed by atoms with Gasteiger partial charge in [0.15, 0.2) is 11.5 Å². The summed E-state index contributed by atoms with van der Waals surface area (Å²) in [5.41, 5.74) is 0.421. The molecule has 6 nitrogen and oxygen atoms in total. The normalized spacial score (nSPS) is 22.1. The first kappa shape index (κ1) is 13.5. The Labute approximate surface area is 117 Å². The first-order chi connectivity index (χ1) is 9.56. The third kappa shape index (κ3) is 2.21. The summed E-state index contributed by atoms with van der Waals surface area (Å²) in [5.74, 6) is -0.760. The molecule has 0 bridgehead atoms. The number of hydrogen-bond acceptors (Lipinski definition) is 4. The summed E-state index contributed by atoms with van der Waals surface area (Å²) >= 11 is 0. The summed E-state index contributed by atoms with van der Waals surface area (Å²) in [6, 6.07) is 5.94. The molecule has 1 spiro atoms. The fourth-order valence-electron chi connectivity index (χ4n) is 2.50. The first-order valence-electron chi connectivity index (χ1n) is 6.31. The lowest BCUT2D eigenvalue weighted by Gasteiger charge is -2.22. The highest BCUT2D eigenvalue weighted by atomic mass is 32.2. The number of benzene rings is 1.